The second kappa shape index (κ2) is 4.94. The van der Waals surface area contributed by atoms with Crippen LogP contribution in [-0.2, 0) is 0 Å². The molecule has 2 rings (SSSR count). The molecule has 2 aromatic carbocycles. The van der Waals surface area contributed by atoms with Gasteiger partial charge in [0.25, 0.3) is 12.5 Å². The monoisotopic (exact) mass is 254 g/mol. The molecule has 0 unspecified atom stereocenters. The van der Waals surface area contributed by atoms with Gasteiger partial charge >= 0.3 is 5.97 Å². The summed E-state index contributed by atoms with van der Waals surface area (Å²) >= 11 is 0. The van der Waals surface area contributed by atoms with Crippen molar-refractivity contribution >= 4 is 16.7 Å². The third kappa shape index (κ3) is 2.38. The fourth-order valence-corrected chi connectivity index (χ4v) is 1.73. The third-order valence-electron chi connectivity index (χ3n) is 2.45. The van der Waals surface area contributed by atoms with E-state index in [4.69, 9.17) is 15.6 Å². The first-order valence-electron chi connectivity index (χ1n) is 5.08. The minimum Gasteiger partial charge on any atom is -0.478 e. The Labute approximate surface area is 107 Å². The summed E-state index contributed by atoms with van der Waals surface area (Å²) in [5, 5.41) is 27.0. The normalized spacial score (nSPS) is 9.37. The second-order valence-electron chi connectivity index (χ2n) is 3.55. The molecule has 0 aliphatic carbocycles. The Balaban J connectivity index is 2.69. The Morgan fingerprint density at radius 1 is 1.05 bits per heavy atom. The van der Waals surface area contributed by atoms with Gasteiger partial charge in [0.2, 0.25) is 0 Å². The first kappa shape index (κ1) is 12.2. The summed E-state index contributed by atoms with van der Waals surface area (Å²) in [6.07, 6.45) is 3.00. The number of nitrogens with zero attached hydrogens (tertiary/aromatic N) is 2. The van der Waals surface area contributed by atoms with Gasteiger partial charge < -0.3 is 14.6 Å². The van der Waals surface area contributed by atoms with Crippen LogP contribution in [0, 0.1) is 23.0 Å². The molecule has 0 spiro atoms. The average molecular weight is 254 g/mol. The molecule has 6 heteroatoms. The van der Waals surface area contributed by atoms with Crippen LogP contribution in [-0.4, -0.2) is 11.1 Å². The predicted molar refractivity (Wildman–Crippen MR) is 63.4 cm³/mol. The lowest BCUT2D eigenvalue weighted by atomic mass is 10.0. The molecule has 1 N–H and O–H groups in total. The number of benzene rings is 2. The quantitative estimate of drug-likeness (QED) is 0.842. The van der Waals surface area contributed by atoms with Crippen LogP contribution in [0.15, 0.2) is 30.3 Å². The van der Waals surface area contributed by atoms with Crippen LogP contribution in [0.5, 0.6) is 11.5 Å². The number of hydrogen-bond donors (Lipinski definition) is 1. The summed E-state index contributed by atoms with van der Waals surface area (Å²) < 4.78 is 9.31. The molecule has 0 aliphatic heterocycles. The van der Waals surface area contributed by atoms with E-state index >= 15 is 0 Å². The van der Waals surface area contributed by atoms with E-state index in [1.807, 2.05) is 0 Å². The lowest BCUT2D eigenvalue weighted by Crippen LogP contribution is -1.98. The maximum Gasteiger partial charge on any atom is 0.336 e. The number of nitriles is 2. The molecule has 2 aromatic rings. The zero-order valence-corrected chi connectivity index (χ0v) is 9.45. The average Bonchev–Trinajstić information content (AvgIpc) is 2.38. The highest BCUT2D eigenvalue weighted by molar-refractivity contribution is 6.04. The van der Waals surface area contributed by atoms with Gasteiger partial charge in [-0.05, 0) is 41.1 Å². The Bertz CT molecular complexity index is 735. The van der Waals surface area contributed by atoms with Crippen molar-refractivity contribution in [1.82, 2.24) is 0 Å². The van der Waals surface area contributed by atoms with Gasteiger partial charge in [-0.1, -0.05) is 0 Å². The summed E-state index contributed by atoms with van der Waals surface area (Å²) in [6.45, 7) is 0. The van der Waals surface area contributed by atoms with Gasteiger partial charge in [-0.15, -0.1) is 10.5 Å². The van der Waals surface area contributed by atoms with Crippen LogP contribution in [0.1, 0.15) is 10.4 Å². The van der Waals surface area contributed by atoms with Crippen LogP contribution in [0.4, 0.5) is 0 Å². The van der Waals surface area contributed by atoms with Crippen molar-refractivity contribution in [3.63, 3.8) is 0 Å². The molecule has 0 aliphatic rings. The highest BCUT2D eigenvalue weighted by Crippen LogP contribution is 2.28. The number of ether oxygens (including phenoxy) is 2. The third-order valence-corrected chi connectivity index (χ3v) is 2.45. The van der Waals surface area contributed by atoms with Crippen LogP contribution in [0.3, 0.4) is 0 Å². The minimum absolute atomic E-state index is 0.00579. The van der Waals surface area contributed by atoms with Gasteiger partial charge in [-0.25, -0.2) is 4.79 Å². The molecule has 0 bridgehead atoms. The van der Waals surface area contributed by atoms with E-state index in [1.54, 1.807) is 0 Å². The van der Waals surface area contributed by atoms with E-state index in [0.29, 0.717) is 10.8 Å². The molecule has 0 saturated heterocycles. The van der Waals surface area contributed by atoms with Crippen LogP contribution in [0.2, 0.25) is 0 Å². The molecule has 0 aromatic heterocycles. The molecular weight excluding hydrogens is 248 g/mol. The molecule has 6 nitrogen and oxygen atoms in total. The van der Waals surface area contributed by atoms with E-state index in [9.17, 15) is 4.79 Å². The molecule has 0 atom stereocenters. The summed E-state index contributed by atoms with van der Waals surface area (Å²) in [5.74, 6) is -0.746. The number of carboxylic acids is 1. The molecule has 0 fully saturated rings. The minimum atomic E-state index is -1.14. The van der Waals surface area contributed by atoms with Gasteiger partial charge in [0, 0.05) is 0 Å². The first-order valence-corrected chi connectivity index (χ1v) is 5.08. The van der Waals surface area contributed by atoms with Crippen molar-refractivity contribution in [1.29, 1.82) is 10.5 Å². The van der Waals surface area contributed by atoms with Crippen molar-refractivity contribution in [2.75, 3.05) is 0 Å². The zero-order valence-electron chi connectivity index (χ0n) is 9.45. The highest BCUT2D eigenvalue weighted by Gasteiger charge is 2.12. The Morgan fingerprint density at radius 2 is 1.68 bits per heavy atom. The number of fused-ring (bicyclic) bond motifs is 1. The molecule has 0 saturated carbocycles. The fraction of sp³-hybridized carbons (Fsp3) is 0. The van der Waals surface area contributed by atoms with Gasteiger partial charge in [-0.3, -0.25) is 0 Å². The summed E-state index contributed by atoms with van der Waals surface area (Å²) in [5.41, 5.74) is 0.00579. The maximum absolute atomic E-state index is 11.2. The standard InChI is InChI=1S/C13H6N2O4/c14-6-18-9-1-2-11-8(3-9)4-10(19-7-15)5-12(11)13(16)17/h1-5H,(H,16,17). The lowest BCUT2D eigenvalue weighted by Gasteiger charge is -2.06. The van der Waals surface area contributed by atoms with Gasteiger partial charge in [-0.2, -0.15) is 0 Å². The molecule has 0 amide bonds. The largest absolute Gasteiger partial charge is 0.478 e. The van der Waals surface area contributed by atoms with Crippen LogP contribution >= 0.6 is 0 Å². The van der Waals surface area contributed by atoms with E-state index in [-0.39, 0.29) is 17.1 Å². The van der Waals surface area contributed by atoms with Crippen LogP contribution in [0.25, 0.3) is 10.8 Å². The number of carbonyl (C=O) groups is 1. The Morgan fingerprint density at radius 3 is 2.32 bits per heavy atom. The number of aromatic carboxylic acids is 1. The number of carboxylic acid groups (broad SMARTS) is 1. The Hall–Kier alpha value is -3.25. The van der Waals surface area contributed by atoms with Crippen LogP contribution < -0.4 is 9.47 Å². The number of hydrogen-bond acceptors (Lipinski definition) is 5. The second-order valence-corrected chi connectivity index (χ2v) is 3.55. The molecular formula is C13H6N2O4. The van der Waals surface area contributed by atoms with E-state index in [0.717, 1.165) is 0 Å². The Kier molecular flexibility index (Phi) is 3.18. The number of rotatable bonds is 3. The lowest BCUT2D eigenvalue weighted by molar-refractivity contribution is 0.0698. The van der Waals surface area contributed by atoms with Gasteiger partial charge in [0.1, 0.15) is 11.5 Å². The summed E-state index contributed by atoms with van der Waals surface area (Å²) in [4.78, 5) is 11.2. The molecule has 0 radical (unpaired) electrons. The van der Waals surface area contributed by atoms with Crippen molar-refractivity contribution in [2.45, 2.75) is 0 Å². The van der Waals surface area contributed by atoms with Gasteiger partial charge in [0.15, 0.2) is 0 Å². The van der Waals surface area contributed by atoms with E-state index in [1.165, 1.54) is 42.8 Å². The molecule has 0 heterocycles. The smallest absolute Gasteiger partial charge is 0.336 e. The first-order chi connectivity index (χ1) is 9.15. The zero-order chi connectivity index (χ0) is 13.8. The highest BCUT2D eigenvalue weighted by atomic mass is 16.5. The fourth-order valence-electron chi connectivity index (χ4n) is 1.73. The van der Waals surface area contributed by atoms with Crippen molar-refractivity contribution < 1.29 is 19.4 Å². The van der Waals surface area contributed by atoms with Crippen molar-refractivity contribution in [3.05, 3.63) is 35.9 Å². The topological polar surface area (TPSA) is 103 Å². The summed E-state index contributed by atoms with van der Waals surface area (Å²) in [6, 6.07) is 7.27. The summed E-state index contributed by atoms with van der Waals surface area (Å²) in [7, 11) is 0. The van der Waals surface area contributed by atoms with Crippen molar-refractivity contribution in [3.8, 4) is 24.0 Å². The molecule has 92 valence electrons. The van der Waals surface area contributed by atoms with E-state index < -0.39 is 5.97 Å². The van der Waals surface area contributed by atoms with Crippen molar-refractivity contribution in [2.24, 2.45) is 0 Å². The molecule has 19 heavy (non-hydrogen) atoms. The predicted octanol–water partition coefficient (Wildman–Crippen LogP) is 2.26. The van der Waals surface area contributed by atoms with Gasteiger partial charge in [0.05, 0.1) is 5.56 Å². The maximum atomic E-state index is 11.2. The van der Waals surface area contributed by atoms with E-state index in [2.05, 4.69) is 9.47 Å². The SMILES string of the molecule is N#COc1ccc2c(C(=O)O)cc(OC#N)cc2c1.